The van der Waals surface area contributed by atoms with E-state index in [2.05, 4.69) is 42.6 Å². The highest BCUT2D eigenvalue weighted by Gasteiger charge is 2.33. The summed E-state index contributed by atoms with van der Waals surface area (Å²) in [5.41, 5.74) is 2.11. The lowest BCUT2D eigenvalue weighted by Crippen LogP contribution is -2.54. The predicted octanol–water partition coefficient (Wildman–Crippen LogP) is 2.82. The van der Waals surface area contributed by atoms with Crippen molar-refractivity contribution in [1.29, 1.82) is 0 Å². The van der Waals surface area contributed by atoms with Gasteiger partial charge in [-0.3, -0.25) is 0 Å². The normalized spacial score (nSPS) is 22.4. The number of benzene rings is 1. The van der Waals surface area contributed by atoms with E-state index in [-0.39, 0.29) is 5.75 Å². The zero-order valence-corrected chi connectivity index (χ0v) is 18.3. The van der Waals surface area contributed by atoms with E-state index < -0.39 is 0 Å². The fourth-order valence-corrected chi connectivity index (χ4v) is 4.80. The molecule has 3 aromatic rings. The summed E-state index contributed by atoms with van der Waals surface area (Å²) < 4.78 is 5.12. The maximum Gasteiger partial charge on any atom is 0.233 e. The van der Waals surface area contributed by atoms with Crippen molar-refractivity contribution in [2.75, 3.05) is 19.1 Å². The molecule has 2 saturated heterocycles. The van der Waals surface area contributed by atoms with Gasteiger partial charge < -0.3 is 20.1 Å². The first-order valence-corrected chi connectivity index (χ1v) is 11.0. The molecule has 0 amide bonds. The Morgan fingerprint density at radius 1 is 1.03 bits per heavy atom. The van der Waals surface area contributed by atoms with Gasteiger partial charge in [-0.15, -0.1) is 15.3 Å². The molecule has 2 fully saturated rings. The molecule has 2 N–H and O–H groups in total. The maximum absolute atomic E-state index is 10.6. The van der Waals surface area contributed by atoms with Crippen LogP contribution in [0.5, 0.6) is 11.6 Å². The fraction of sp³-hybridized carbons (Fsp3) is 0.435. The van der Waals surface area contributed by atoms with Gasteiger partial charge in [0.1, 0.15) is 5.75 Å². The summed E-state index contributed by atoms with van der Waals surface area (Å²) >= 11 is 0. The standard InChI is InChI=1S/C23H27N7O2/c1-30(18-10-16-4-3-5-17(11-18)26-16)21-13-24-23(29-27-21)19-7-6-14(8-20(19)31)15-9-22(32-2)28-25-12-15/h6-9,12-13,16-18,26,31H,3-5,10-11H2,1-2H3/t16-,17-/m1/s1. The van der Waals surface area contributed by atoms with Crippen molar-refractivity contribution in [3.63, 3.8) is 0 Å². The Hall–Kier alpha value is -3.33. The minimum atomic E-state index is 0.0763. The molecule has 5 rings (SSSR count). The molecule has 0 radical (unpaired) electrons. The van der Waals surface area contributed by atoms with Crippen molar-refractivity contribution >= 4 is 5.82 Å². The van der Waals surface area contributed by atoms with Crippen LogP contribution in [-0.2, 0) is 0 Å². The van der Waals surface area contributed by atoms with Crippen LogP contribution in [0.15, 0.2) is 36.7 Å². The molecule has 2 aliphatic heterocycles. The van der Waals surface area contributed by atoms with Crippen LogP contribution in [0.2, 0.25) is 0 Å². The number of aromatic nitrogens is 5. The largest absolute Gasteiger partial charge is 0.507 e. The van der Waals surface area contributed by atoms with Gasteiger partial charge in [-0.2, -0.15) is 5.10 Å². The van der Waals surface area contributed by atoms with Crippen molar-refractivity contribution in [2.45, 2.75) is 50.2 Å². The molecule has 2 atom stereocenters. The average molecular weight is 434 g/mol. The number of anilines is 1. The number of nitrogens with zero attached hydrogens (tertiary/aromatic N) is 6. The van der Waals surface area contributed by atoms with Crippen LogP contribution in [0.1, 0.15) is 32.1 Å². The van der Waals surface area contributed by atoms with Gasteiger partial charge in [0, 0.05) is 36.8 Å². The highest BCUT2D eigenvalue weighted by atomic mass is 16.5. The Balaban J connectivity index is 1.33. The molecule has 1 aromatic carbocycles. The minimum Gasteiger partial charge on any atom is -0.507 e. The van der Waals surface area contributed by atoms with Crippen LogP contribution in [0.4, 0.5) is 5.82 Å². The quantitative estimate of drug-likeness (QED) is 0.628. The molecule has 0 saturated carbocycles. The number of piperidine rings is 2. The molecule has 2 aliphatic rings. The Bertz CT molecular complexity index is 1080. The molecule has 0 aliphatic carbocycles. The molecule has 9 heteroatoms. The predicted molar refractivity (Wildman–Crippen MR) is 120 cm³/mol. The van der Waals surface area contributed by atoms with Crippen molar-refractivity contribution in [3.05, 3.63) is 36.7 Å². The number of fused-ring (bicyclic) bond motifs is 2. The summed E-state index contributed by atoms with van der Waals surface area (Å²) in [4.78, 5) is 6.69. The summed E-state index contributed by atoms with van der Waals surface area (Å²) in [6.07, 6.45) is 9.42. The number of methoxy groups -OCH3 is 1. The molecular formula is C23H27N7O2. The van der Waals surface area contributed by atoms with E-state index in [1.807, 2.05) is 6.07 Å². The van der Waals surface area contributed by atoms with Gasteiger partial charge in [0.05, 0.1) is 25.1 Å². The van der Waals surface area contributed by atoms with Gasteiger partial charge in [-0.05, 0) is 43.4 Å². The average Bonchev–Trinajstić information content (AvgIpc) is 2.83. The Kier molecular flexibility index (Phi) is 5.57. The molecule has 9 nitrogen and oxygen atoms in total. The Morgan fingerprint density at radius 2 is 1.84 bits per heavy atom. The number of phenolic OH excluding ortho intramolecular Hbond substituents is 1. The smallest absolute Gasteiger partial charge is 0.233 e. The van der Waals surface area contributed by atoms with Gasteiger partial charge in [0.2, 0.25) is 5.88 Å². The van der Waals surface area contributed by atoms with Gasteiger partial charge in [0.15, 0.2) is 11.6 Å². The second-order valence-corrected chi connectivity index (χ2v) is 8.59. The molecular weight excluding hydrogens is 406 g/mol. The van der Waals surface area contributed by atoms with E-state index in [1.54, 1.807) is 30.6 Å². The summed E-state index contributed by atoms with van der Waals surface area (Å²) in [6.45, 7) is 0. The van der Waals surface area contributed by atoms with Gasteiger partial charge >= 0.3 is 0 Å². The van der Waals surface area contributed by atoms with Crippen LogP contribution in [0, 0.1) is 0 Å². The highest BCUT2D eigenvalue weighted by molar-refractivity contribution is 5.72. The summed E-state index contributed by atoms with van der Waals surface area (Å²) in [7, 11) is 3.61. The lowest BCUT2D eigenvalue weighted by Gasteiger charge is -2.43. The number of hydrogen-bond donors (Lipinski definition) is 2. The summed E-state index contributed by atoms with van der Waals surface area (Å²) in [5.74, 6) is 1.63. The molecule has 2 aromatic heterocycles. The number of ether oxygens (including phenoxy) is 1. The molecule has 32 heavy (non-hydrogen) atoms. The first-order chi connectivity index (χ1) is 15.6. The zero-order chi connectivity index (χ0) is 22.1. The number of nitrogens with one attached hydrogen (secondary N) is 1. The molecule has 0 unspecified atom stereocenters. The maximum atomic E-state index is 10.6. The van der Waals surface area contributed by atoms with Crippen molar-refractivity contribution in [1.82, 2.24) is 30.7 Å². The lowest BCUT2D eigenvalue weighted by molar-refractivity contribution is 0.219. The monoisotopic (exact) mass is 433 g/mol. The highest BCUT2D eigenvalue weighted by Crippen LogP contribution is 2.33. The zero-order valence-electron chi connectivity index (χ0n) is 18.3. The van der Waals surface area contributed by atoms with Gasteiger partial charge in [-0.1, -0.05) is 12.5 Å². The van der Waals surface area contributed by atoms with E-state index in [1.165, 1.54) is 26.4 Å². The molecule has 166 valence electrons. The van der Waals surface area contributed by atoms with Crippen molar-refractivity contribution in [3.8, 4) is 34.1 Å². The van der Waals surface area contributed by atoms with Crippen LogP contribution in [0.25, 0.3) is 22.5 Å². The third kappa shape index (κ3) is 4.08. The number of rotatable bonds is 5. The van der Waals surface area contributed by atoms with Crippen LogP contribution in [-0.4, -0.2) is 62.8 Å². The Labute approximate surface area is 186 Å². The van der Waals surface area contributed by atoms with Crippen molar-refractivity contribution < 1.29 is 9.84 Å². The molecule has 4 heterocycles. The van der Waals surface area contributed by atoms with Crippen molar-refractivity contribution in [2.24, 2.45) is 0 Å². The van der Waals surface area contributed by atoms with Gasteiger partial charge in [-0.25, -0.2) is 4.98 Å². The minimum absolute atomic E-state index is 0.0763. The van der Waals surface area contributed by atoms with E-state index in [9.17, 15) is 5.11 Å². The van der Waals surface area contributed by atoms with Crippen LogP contribution in [0.3, 0.4) is 0 Å². The third-order valence-electron chi connectivity index (χ3n) is 6.56. The second-order valence-electron chi connectivity index (χ2n) is 8.59. The molecule has 2 bridgehead atoms. The lowest BCUT2D eigenvalue weighted by atomic mass is 9.83. The van der Waals surface area contributed by atoms with Crippen LogP contribution < -0.4 is 15.0 Å². The van der Waals surface area contributed by atoms with E-state index in [0.29, 0.717) is 35.4 Å². The fourth-order valence-electron chi connectivity index (χ4n) is 4.80. The summed E-state index contributed by atoms with van der Waals surface area (Å²) in [5, 5.41) is 30.9. The SMILES string of the molecule is COc1cc(-c2ccc(-c3ncc(N(C)C4C[C@H]5CCC[C@H](C4)N5)nn3)c(O)c2)cnn1. The van der Waals surface area contributed by atoms with Gasteiger partial charge in [0.25, 0.3) is 0 Å². The van der Waals surface area contributed by atoms with E-state index >= 15 is 0 Å². The Morgan fingerprint density at radius 3 is 2.53 bits per heavy atom. The number of phenols is 1. The topological polar surface area (TPSA) is 109 Å². The summed E-state index contributed by atoms with van der Waals surface area (Å²) in [6, 6.07) is 8.71. The first-order valence-electron chi connectivity index (χ1n) is 11.0. The number of aromatic hydroxyl groups is 1. The van der Waals surface area contributed by atoms with E-state index in [4.69, 9.17) is 4.74 Å². The van der Waals surface area contributed by atoms with E-state index in [0.717, 1.165) is 29.8 Å². The number of hydrogen-bond acceptors (Lipinski definition) is 9. The first kappa shape index (κ1) is 20.6. The third-order valence-corrected chi connectivity index (χ3v) is 6.56. The second kappa shape index (κ2) is 8.66. The van der Waals surface area contributed by atoms with Crippen LogP contribution >= 0.6 is 0 Å². The molecule has 0 spiro atoms.